The van der Waals surface area contributed by atoms with Crippen molar-refractivity contribution in [2.75, 3.05) is 13.7 Å². The number of carboxylic acid groups (broad SMARTS) is 1. The Morgan fingerprint density at radius 2 is 1.79 bits per heavy atom. The van der Waals surface area contributed by atoms with Gasteiger partial charge >= 0.3 is 12.1 Å². The van der Waals surface area contributed by atoms with E-state index < -0.39 is 52.6 Å². The molecule has 0 radical (unpaired) electrons. The molecule has 2 fully saturated rings. The highest BCUT2D eigenvalue weighted by molar-refractivity contribution is 5.96. The van der Waals surface area contributed by atoms with Gasteiger partial charge in [0.15, 0.2) is 5.78 Å². The molecule has 34 heavy (non-hydrogen) atoms. The molecule has 2 N–H and O–H groups in total. The van der Waals surface area contributed by atoms with Gasteiger partial charge in [0.2, 0.25) is 5.91 Å². The molecule has 0 aromatic carbocycles. The summed E-state index contributed by atoms with van der Waals surface area (Å²) in [6.45, 7) is 16.3. The summed E-state index contributed by atoms with van der Waals surface area (Å²) >= 11 is 0. The van der Waals surface area contributed by atoms with Gasteiger partial charge in [-0.15, -0.1) is 6.58 Å². The number of aliphatic carboxylic acids is 1. The zero-order valence-electron chi connectivity index (χ0n) is 21.6. The molecular formula is C25H40N2O7. The van der Waals surface area contributed by atoms with Crippen LogP contribution in [0.5, 0.6) is 0 Å². The molecule has 0 bridgehead atoms. The second-order valence-electron chi connectivity index (χ2n) is 11.7. The smallest absolute Gasteiger partial charge is 0.408 e. The molecule has 0 aromatic heterocycles. The summed E-state index contributed by atoms with van der Waals surface area (Å²) in [7, 11) is 1.52. The molecule has 2 aliphatic rings. The third-order valence-corrected chi connectivity index (χ3v) is 6.82. The quantitative estimate of drug-likeness (QED) is 0.512. The van der Waals surface area contributed by atoms with E-state index in [9.17, 15) is 24.3 Å². The zero-order chi connectivity index (χ0) is 26.2. The average Bonchev–Trinajstić information content (AvgIpc) is 3.30. The normalized spacial score (nSPS) is 29.8. The maximum absolute atomic E-state index is 13.8. The van der Waals surface area contributed by atoms with Crippen LogP contribution in [0.2, 0.25) is 0 Å². The van der Waals surface area contributed by atoms with Gasteiger partial charge in [-0.05, 0) is 38.5 Å². The molecule has 6 atom stereocenters. The van der Waals surface area contributed by atoms with Crippen molar-refractivity contribution in [3.05, 3.63) is 12.7 Å². The number of allylic oxidation sites excluding steroid dienone is 1. The van der Waals surface area contributed by atoms with Crippen LogP contribution < -0.4 is 5.32 Å². The summed E-state index contributed by atoms with van der Waals surface area (Å²) in [4.78, 5) is 53.1. The first kappa shape index (κ1) is 27.8. The lowest BCUT2D eigenvalue weighted by Crippen LogP contribution is -2.57. The average molecular weight is 481 g/mol. The van der Waals surface area contributed by atoms with Gasteiger partial charge in [-0.1, -0.05) is 33.8 Å². The van der Waals surface area contributed by atoms with Crippen LogP contribution >= 0.6 is 0 Å². The van der Waals surface area contributed by atoms with E-state index in [1.165, 1.54) is 12.0 Å². The molecule has 0 aromatic rings. The summed E-state index contributed by atoms with van der Waals surface area (Å²) in [5.41, 5.74) is -2.59. The Morgan fingerprint density at radius 3 is 2.21 bits per heavy atom. The van der Waals surface area contributed by atoms with Crippen LogP contribution in [-0.2, 0) is 23.9 Å². The number of ether oxygens (including phenoxy) is 2. The van der Waals surface area contributed by atoms with E-state index >= 15 is 0 Å². The summed E-state index contributed by atoms with van der Waals surface area (Å²) in [6, 6.07) is -1.82. The SMILES string of the molecule is C=C[C@@H]1C[C@]1(CC(=O)[C@@H]1C(C)[C@@H](OC)CN1C(=O)[C@@H](NC(=O)OC(C)(C)C)C(C)(C)C)C(=O)O. The van der Waals surface area contributed by atoms with Crippen molar-refractivity contribution >= 4 is 23.8 Å². The molecule has 2 rings (SSSR count). The molecule has 1 unspecified atom stereocenters. The van der Waals surface area contributed by atoms with Crippen molar-refractivity contribution in [3.63, 3.8) is 0 Å². The van der Waals surface area contributed by atoms with Gasteiger partial charge < -0.3 is 24.8 Å². The monoisotopic (exact) mass is 480 g/mol. The molecule has 192 valence electrons. The maximum Gasteiger partial charge on any atom is 0.408 e. The Balaban J connectivity index is 2.33. The number of carbonyl (C=O) groups is 4. The molecular weight excluding hydrogens is 440 g/mol. The zero-order valence-corrected chi connectivity index (χ0v) is 21.6. The van der Waals surface area contributed by atoms with E-state index in [0.717, 1.165) is 0 Å². The lowest BCUT2D eigenvalue weighted by Gasteiger charge is -2.36. The van der Waals surface area contributed by atoms with Crippen LogP contribution in [0.3, 0.4) is 0 Å². The minimum Gasteiger partial charge on any atom is -0.481 e. The number of nitrogens with zero attached hydrogens (tertiary/aromatic N) is 1. The van der Waals surface area contributed by atoms with Gasteiger partial charge in [-0.25, -0.2) is 4.79 Å². The number of nitrogens with one attached hydrogen (secondary N) is 1. The molecule has 1 heterocycles. The number of rotatable bonds is 8. The maximum atomic E-state index is 13.8. The van der Waals surface area contributed by atoms with Crippen molar-refractivity contribution in [2.45, 2.75) is 85.1 Å². The van der Waals surface area contributed by atoms with E-state index in [1.54, 1.807) is 26.8 Å². The molecule has 9 nitrogen and oxygen atoms in total. The third-order valence-electron chi connectivity index (χ3n) is 6.82. The Hall–Kier alpha value is -2.42. The number of hydrogen-bond acceptors (Lipinski definition) is 6. The van der Waals surface area contributed by atoms with Crippen molar-refractivity contribution in [2.24, 2.45) is 22.7 Å². The summed E-state index contributed by atoms with van der Waals surface area (Å²) in [5.74, 6) is -2.39. The van der Waals surface area contributed by atoms with Crippen LogP contribution in [0.4, 0.5) is 4.79 Å². The number of Topliss-reactive ketones (excluding diaryl/α,β-unsaturated/α-hetero) is 1. The van der Waals surface area contributed by atoms with Gasteiger partial charge in [0.1, 0.15) is 11.6 Å². The molecule has 1 saturated heterocycles. The molecule has 9 heteroatoms. The predicted octanol–water partition coefficient (Wildman–Crippen LogP) is 3.02. The van der Waals surface area contributed by atoms with E-state index in [4.69, 9.17) is 9.47 Å². The minimum atomic E-state index is -1.17. The summed E-state index contributed by atoms with van der Waals surface area (Å²) in [5, 5.41) is 12.4. The van der Waals surface area contributed by atoms with Crippen LogP contribution in [0.25, 0.3) is 0 Å². The molecule has 2 amide bonds. The number of carboxylic acids is 1. The predicted molar refractivity (Wildman–Crippen MR) is 126 cm³/mol. The third kappa shape index (κ3) is 5.79. The highest BCUT2D eigenvalue weighted by atomic mass is 16.6. The number of methoxy groups -OCH3 is 1. The van der Waals surface area contributed by atoms with E-state index in [1.807, 2.05) is 27.7 Å². The summed E-state index contributed by atoms with van der Waals surface area (Å²) in [6.07, 6.45) is 0.617. The first-order valence-corrected chi connectivity index (χ1v) is 11.7. The summed E-state index contributed by atoms with van der Waals surface area (Å²) < 4.78 is 10.9. The first-order valence-electron chi connectivity index (χ1n) is 11.7. The Kier molecular flexibility index (Phi) is 7.92. The standard InChI is InChI=1S/C25H40N2O7/c1-10-15-11-25(15,21(30)31)12-16(28)18-14(2)17(33-9)13-27(18)20(29)19(23(3,4)5)26-22(32)34-24(6,7)8/h10,14-15,17-19H,1,11-13H2,2-9H3,(H,26,32)(H,30,31)/t14?,15-,17+,18+,19-,25-/m1/s1. The molecule has 1 saturated carbocycles. The van der Waals surface area contributed by atoms with Crippen LogP contribution in [0.1, 0.15) is 61.3 Å². The van der Waals surface area contributed by atoms with Crippen LogP contribution in [0, 0.1) is 22.7 Å². The Morgan fingerprint density at radius 1 is 1.21 bits per heavy atom. The highest BCUT2D eigenvalue weighted by Crippen LogP contribution is 2.56. The number of ketones is 1. The van der Waals surface area contributed by atoms with Gasteiger partial charge in [0, 0.05) is 26.0 Å². The molecule has 1 aliphatic carbocycles. The van der Waals surface area contributed by atoms with E-state index in [0.29, 0.717) is 6.42 Å². The van der Waals surface area contributed by atoms with Crippen LogP contribution in [-0.4, -0.2) is 71.2 Å². The number of amides is 2. The first-order chi connectivity index (χ1) is 15.5. The van der Waals surface area contributed by atoms with Gasteiger partial charge in [-0.2, -0.15) is 0 Å². The largest absolute Gasteiger partial charge is 0.481 e. The number of hydrogen-bond donors (Lipinski definition) is 2. The van der Waals surface area contributed by atoms with E-state index in [2.05, 4.69) is 11.9 Å². The Labute approximate surface area is 202 Å². The fourth-order valence-electron chi connectivity index (χ4n) is 4.77. The highest BCUT2D eigenvalue weighted by Gasteiger charge is 2.61. The molecule has 1 aliphatic heterocycles. The fourth-order valence-corrected chi connectivity index (χ4v) is 4.77. The van der Waals surface area contributed by atoms with Crippen molar-refractivity contribution in [1.82, 2.24) is 10.2 Å². The van der Waals surface area contributed by atoms with Crippen molar-refractivity contribution in [1.29, 1.82) is 0 Å². The fraction of sp³-hybridized carbons (Fsp3) is 0.760. The topological polar surface area (TPSA) is 122 Å². The van der Waals surface area contributed by atoms with Crippen molar-refractivity contribution < 1.29 is 33.8 Å². The van der Waals surface area contributed by atoms with Gasteiger partial charge in [0.25, 0.3) is 0 Å². The number of alkyl carbamates (subject to hydrolysis) is 1. The minimum absolute atomic E-state index is 0.167. The second-order valence-corrected chi connectivity index (χ2v) is 11.7. The van der Waals surface area contributed by atoms with Crippen LogP contribution in [0.15, 0.2) is 12.7 Å². The van der Waals surface area contributed by atoms with Gasteiger partial charge in [0.05, 0.1) is 17.6 Å². The lowest BCUT2D eigenvalue weighted by molar-refractivity contribution is -0.148. The van der Waals surface area contributed by atoms with Crippen molar-refractivity contribution in [3.8, 4) is 0 Å². The number of likely N-dealkylation sites (tertiary alicyclic amines) is 1. The van der Waals surface area contributed by atoms with E-state index in [-0.39, 0.29) is 30.6 Å². The number of carbonyl (C=O) groups excluding carboxylic acids is 3. The lowest BCUT2D eigenvalue weighted by atomic mass is 9.84. The molecule has 0 spiro atoms. The second kappa shape index (κ2) is 9.68. The Bertz CT molecular complexity index is 841. The van der Waals surface area contributed by atoms with Gasteiger partial charge in [-0.3, -0.25) is 14.4 Å².